The molecule has 0 aliphatic heterocycles. The Hall–Kier alpha value is -2.12. The number of nitrogens with one attached hydrogen (secondary N) is 3. The number of amides is 3. The molecule has 0 aliphatic rings. The summed E-state index contributed by atoms with van der Waals surface area (Å²) in [5, 5.41) is 15.8. The maximum atomic E-state index is 11.4. The fraction of sp³-hybridized carbons (Fsp3) is 0.636. The number of hydrogen-bond acceptors (Lipinski definition) is 4. The Bertz CT molecular complexity index is 332. The third kappa shape index (κ3) is 8.58. The molecule has 0 spiro atoms. The van der Waals surface area contributed by atoms with Gasteiger partial charge in [-0.2, -0.15) is 0 Å². The van der Waals surface area contributed by atoms with Gasteiger partial charge in [-0.3, -0.25) is 14.4 Å². The van der Waals surface area contributed by atoms with Gasteiger partial charge in [0.25, 0.3) is 0 Å². The first kappa shape index (κ1) is 16.9. The second-order valence-corrected chi connectivity index (χ2v) is 3.84. The molecule has 0 heterocycles. The van der Waals surface area contributed by atoms with Crippen LogP contribution in [0.1, 0.15) is 26.2 Å². The van der Waals surface area contributed by atoms with Crippen LogP contribution in [0, 0.1) is 0 Å². The van der Waals surface area contributed by atoms with Crippen molar-refractivity contribution < 1.29 is 24.3 Å². The van der Waals surface area contributed by atoms with E-state index in [0.29, 0.717) is 6.54 Å². The molecule has 0 bridgehead atoms. The van der Waals surface area contributed by atoms with E-state index in [9.17, 15) is 19.2 Å². The minimum atomic E-state index is -1.21. The Morgan fingerprint density at radius 3 is 2.42 bits per heavy atom. The number of rotatable bonds is 10. The molecule has 108 valence electrons. The largest absolute Gasteiger partial charge is 0.480 e. The van der Waals surface area contributed by atoms with Crippen molar-refractivity contribution in [3.8, 4) is 0 Å². The van der Waals surface area contributed by atoms with Crippen molar-refractivity contribution in [2.75, 3.05) is 13.1 Å². The molecule has 8 nitrogen and oxygen atoms in total. The summed E-state index contributed by atoms with van der Waals surface area (Å²) in [5.74, 6) is -1.94. The minimum absolute atomic E-state index is 0.0313. The van der Waals surface area contributed by atoms with E-state index < -0.39 is 17.9 Å². The van der Waals surface area contributed by atoms with Crippen LogP contribution in [0.5, 0.6) is 0 Å². The van der Waals surface area contributed by atoms with Crippen LogP contribution in [0.2, 0.25) is 0 Å². The predicted octanol–water partition coefficient (Wildman–Crippen LogP) is -1.39. The highest BCUT2D eigenvalue weighted by molar-refractivity contribution is 5.85. The van der Waals surface area contributed by atoms with E-state index in [1.807, 2.05) is 6.92 Å². The van der Waals surface area contributed by atoms with Gasteiger partial charge in [-0.25, -0.2) is 4.79 Å². The molecule has 0 radical (unpaired) electrons. The van der Waals surface area contributed by atoms with Crippen molar-refractivity contribution in [3.63, 3.8) is 0 Å². The molecule has 4 N–H and O–H groups in total. The lowest BCUT2D eigenvalue weighted by atomic mass is 10.1. The maximum Gasteiger partial charge on any atom is 0.326 e. The average molecular weight is 273 g/mol. The summed E-state index contributed by atoms with van der Waals surface area (Å²) < 4.78 is 0. The van der Waals surface area contributed by atoms with Gasteiger partial charge < -0.3 is 21.1 Å². The zero-order valence-corrected chi connectivity index (χ0v) is 10.8. The Kier molecular flexibility index (Phi) is 8.76. The maximum absolute atomic E-state index is 11.4. The molecule has 19 heavy (non-hydrogen) atoms. The number of carboxylic acid groups (broad SMARTS) is 1. The van der Waals surface area contributed by atoms with Crippen molar-refractivity contribution in [1.82, 2.24) is 16.0 Å². The lowest BCUT2D eigenvalue weighted by Crippen LogP contribution is -2.39. The van der Waals surface area contributed by atoms with Crippen molar-refractivity contribution in [2.45, 2.75) is 32.2 Å². The monoisotopic (exact) mass is 273 g/mol. The van der Waals surface area contributed by atoms with Crippen LogP contribution in [-0.4, -0.2) is 48.4 Å². The molecule has 0 aromatic rings. The first-order valence-corrected chi connectivity index (χ1v) is 5.97. The molecule has 0 aliphatic carbocycles. The molecule has 3 amide bonds. The van der Waals surface area contributed by atoms with Gasteiger partial charge in [0.15, 0.2) is 0 Å². The van der Waals surface area contributed by atoms with Gasteiger partial charge in [0.05, 0.1) is 6.54 Å². The third-order valence-corrected chi connectivity index (χ3v) is 2.25. The number of aliphatic carboxylic acids is 1. The molecule has 0 saturated carbocycles. The number of carboxylic acids is 1. The molecular weight excluding hydrogens is 254 g/mol. The van der Waals surface area contributed by atoms with Crippen molar-refractivity contribution in [1.29, 1.82) is 0 Å². The summed E-state index contributed by atoms with van der Waals surface area (Å²) in [6, 6.07) is -1.10. The summed E-state index contributed by atoms with van der Waals surface area (Å²) in [6.07, 6.45) is 0.960. The van der Waals surface area contributed by atoms with Gasteiger partial charge in [-0.1, -0.05) is 6.92 Å². The highest BCUT2D eigenvalue weighted by Crippen LogP contribution is 1.97. The van der Waals surface area contributed by atoms with Crippen LogP contribution < -0.4 is 16.0 Å². The Balaban J connectivity index is 3.88. The second kappa shape index (κ2) is 9.86. The van der Waals surface area contributed by atoms with E-state index in [-0.39, 0.29) is 31.7 Å². The molecule has 0 rings (SSSR count). The van der Waals surface area contributed by atoms with Gasteiger partial charge in [0, 0.05) is 13.0 Å². The number of carbonyl (C=O) groups is 4. The highest BCUT2D eigenvalue weighted by atomic mass is 16.4. The van der Waals surface area contributed by atoms with E-state index in [2.05, 4.69) is 16.0 Å². The molecule has 0 saturated heterocycles. The Labute approximate surface area is 110 Å². The lowest BCUT2D eigenvalue weighted by Gasteiger charge is -2.10. The summed E-state index contributed by atoms with van der Waals surface area (Å²) in [6.45, 7) is 2.31. The summed E-state index contributed by atoms with van der Waals surface area (Å²) in [7, 11) is 0. The van der Waals surface area contributed by atoms with Gasteiger partial charge in [0.2, 0.25) is 18.2 Å². The van der Waals surface area contributed by atoms with Gasteiger partial charge in [-0.05, 0) is 12.8 Å². The molecular formula is C11H19N3O5. The quantitative estimate of drug-likeness (QED) is 0.365. The SMILES string of the molecule is CCCNC(=O)CNC(=O)CCC(NC=O)C(=O)O. The normalized spacial score (nSPS) is 11.2. The average Bonchev–Trinajstić information content (AvgIpc) is 2.38. The topological polar surface area (TPSA) is 125 Å². The second-order valence-electron chi connectivity index (χ2n) is 3.84. The summed E-state index contributed by atoms with van der Waals surface area (Å²) in [5.41, 5.74) is 0. The Morgan fingerprint density at radius 2 is 1.89 bits per heavy atom. The van der Waals surface area contributed by atoms with Crippen LogP contribution >= 0.6 is 0 Å². The molecule has 0 aromatic carbocycles. The highest BCUT2D eigenvalue weighted by Gasteiger charge is 2.17. The predicted molar refractivity (Wildman–Crippen MR) is 66.2 cm³/mol. The van der Waals surface area contributed by atoms with Crippen molar-refractivity contribution in [3.05, 3.63) is 0 Å². The zero-order valence-electron chi connectivity index (χ0n) is 10.8. The molecule has 1 atom stereocenters. The molecule has 0 aromatic heterocycles. The molecule has 8 heteroatoms. The standard InChI is InChI=1S/C11H19N3O5/c1-2-5-12-10(17)6-13-9(16)4-3-8(11(18)19)14-7-15/h7-8H,2-6H2,1H3,(H,12,17)(H,13,16)(H,14,15)(H,18,19). The molecule has 0 fully saturated rings. The van der Waals surface area contributed by atoms with Gasteiger partial charge >= 0.3 is 5.97 Å². The zero-order chi connectivity index (χ0) is 14.7. The molecule has 1 unspecified atom stereocenters. The number of hydrogen-bond donors (Lipinski definition) is 4. The van der Waals surface area contributed by atoms with Gasteiger partial charge in [-0.15, -0.1) is 0 Å². The van der Waals surface area contributed by atoms with Crippen LogP contribution in [-0.2, 0) is 19.2 Å². The summed E-state index contributed by atoms with van der Waals surface area (Å²) >= 11 is 0. The fourth-order valence-corrected chi connectivity index (χ4v) is 1.23. The van der Waals surface area contributed by atoms with Crippen molar-refractivity contribution in [2.24, 2.45) is 0 Å². The van der Waals surface area contributed by atoms with Crippen LogP contribution in [0.4, 0.5) is 0 Å². The number of carbonyl (C=O) groups excluding carboxylic acids is 3. The lowest BCUT2D eigenvalue weighted by molar-refractivity contribution is -0.141. The van der Waals surface area contributed by atoms with E-state index in [1.165, 1.54) is 0 Å². The third-order valence-electron chi connectivity index (χ3n) is 2.25. The van der Waals surface area contributed by atoms with E-state index >= 15 is 0 Å². The van der Waals surface area contributed by atoms with E-state index in [1.54, 1.807) is 0 Å². The van der Waals surface area contributed by atoms with Crippen LogP contribution in [0.25, 0.3) is 0 Å². The summed E-state index contributed by atoms with van der Waals surface area (Å²) in [4.78, 5) is 43.4. The first-order chi connectivity index (χ1) is 9.01. The van der Waals surface area contributed by atoms with Crippen molar-refractivity contribution >= 4 is 24.2 Å². The van der Waals surface area contributed by atoms with E-state index in [4.69, 9.17) is 5.11 Å². The fourth-order valence-electron chi connectivity index (χ4n) is 1.23. The van der Waals surface area contributed by atoms with Crippen LogP contribution in [0.3, 0.4) is 0 Å². The first-order valence-electron chi connectivity index (χ1n) is 5.97. The smallest absolute Gasteiger partial charge is 0.326 e. The Morgan fingerprint density at radius 1 is 1.21 bits per heavy atom. The minimum Gasteiger partial charge on any atom is -0.480 e. The van der Waals surface area contributed by atoms with Crippen LogP contribution in [0.15, 0.2) is 0 Å². The van der Waals surface area contributed by atoms with Gasteiger partial charge in [0.1, 0.15) is 6.04 Å². The van der Waals surface area contributed by atoms with E-state index in [0.717, 1.165) is 6.42 Å².